The third-order valence-electron chi connectivity index (χ3n) is 9.03. The van der Waals surface area contributed by atoms with Gasteiger partial charge in [-0.2, -0.15) is 8.78 Å². The lowest BCUT2D eigenvalue weighted by Crippen LogP contribution is -2.18. The average molecular weight is 809 g/mol. The summed E-state index contributed by atoms with van der Waals surface area (Å²) in [5.74, 6) is -20.1. The minimum absolute atomic E-state index is 0.104. The molecule has 0 unspecified atom stereocenters. The van der Waals surface area contributed by atoms with Crippen LogP contribution >= 0.6 is 0 Å². The molecule has 6 aromatic carbocycles. The van der Waals surface area contributed by atoms with Gasteiger partial charge in [0.2, 0.25) is 17.4 Å². The van der Waals surface area contributed by atoms with Gasteiger partial charge < -0.3 is 23.7 Å². The van der Waals surface area contributed by atoms with E-state index >= 15 is 17.6 Å². The summed E-state index contributed by atoms with van der Waals surface area (Å²) in [6.45, 7) is 4.69. The second kappa shape index (κ2) is 16.3. The predicted octanol–water partition coefficient (Wildman–Crippen LogP) is 11.5. The van der Waals surface area contributed by atoms with Crippen molar-refractivity contribution < 1.29 is 68.4 Å². The Morgan fingerprint density at radius 3 is 1.12 bits per heavy atom. The highest BCUT2D eigenvalue weighted by atomic mass is 19.2. The van der Waals surface area contributed by atoms with Gasteiger partial charge in [-0.1, -0.05) is 38.1 Å². The Labute approximate surface area is 324 Å². The van der Waals surface area contributed by atoms with Crippen LogP contribution in [0.4, 0.5) is 35.1 Å². The Morgan fingerprint density at radius 1 is 0.431 bits per heavy atom. The van der Waals surface area contributed by atoms with Crippen molar-refractivity contribution in [2.75, 3.05) is 7.11 Å². The van der Waals surface area contributed by atoms with Crippen molar-refractivity contribution >= 4 is 11.9 Å². The van der Waals surface area contributed by atoms with E-state index in [1.54, 1.807) is 31.4 Å². The first-order valence-corrected chi connectivity index (χ1v) is 17.0. The number of rotatable bonds is 11. The van der Waals surface area contributed by atoms with Crippen LogP contribution in [0.15, 0.2) is 97.1 Å². The average Bonchev–Trinajstić information content (AvgIpc) is 3.22. The first-order valence-electron chi connectivity index (χ1n) is 17.0. The topological polar surface area (TPSA) is 80.3 Å². The summed E-state index contributed by atoms with van der Waals surface area (Å²) in [4.78, 5) is 25.0. The lowest BCUT2D eigenvalue weighted by Gasteiger charge is -2.26. The van der Waals surface area contributed by atoms with Gasteiger partial charge in [0.15, 0.2) is 34.9 Å². The molecule has 0 saturated heterocycles. The molecule has 15 heteroatoms. The Hall–Kier alpha value is -6.90. The van der Waals surface area contributed by atoms with Crippen molar-refractivity contribution in [2.24, 2.45) is 0 Å². The number of carbonyl (C=O) groups excluding carboxylic acids is 2. The van der Waals surface area contributed by atoms with E-state index < -0.39 is 86.3 Å². The first-order chi connectivity index (χ1) is 27.5. The van der Waals surface area contributed by atoms with Crippen LogP contribution in [0.3, 0.4) is 0 Å². The van der Waals surface area contributed by atoms with Crippen LogP contribution < -0.4 is 23.7 Å². The molecule has 0 aliphatic carbocycles. The van der Waals surface area contributed by atoms with Gasteiger partial charge in [-0.25, -0.2) is 35.9 Å². The summed E-state index contributed by atoms with van der Waals surface area (Å²) in [5.41, 5.74) is -2.96. The van der Waals surface area contributed by atoms with E-state index in [-0.39, 0.29) is 28.7 Å². The molecule has 58 heavy (non-hydrogen) atoms. The smallest absolute Gasteiger partial charge is 0.349 e. The van der Waals surface area contributed by atoms with Crippen molar-refractivity contribution in [3.05, 3.63) is 171 Å². The molecule has 0 heterocycles. The van der Waals surface area contributed by atoms with E-state index in [2.05, 4.69) is 0 Å². The quantitative estimate of drug-likeness (QED) is 0.0558. The van der Waals surface area contributed by atoms with E-state index in [4.69, 9.17) is 23.7 Å². The Morgan fingerprint density at radius 2 is 0.741 bits per heavy atom. The van der Waals surface area contributed by atoms with Crippen molar-refractivity contribution in [2.45, 2.75) is 26.2 Å². The van der Waals surface area contributed by atoms with Gasteiger partial charge in [0.1, 0.15) is 45.6 Å². The fraction of sp³-hybridized carbons (Fsp3) is 0.116. The number of halogens is 8. The van der Waals surface area contributed by atoms with Crippen molar-refractivity contribution in [1.82, 2.24) is 0 Å². The van der Waals surface area contributed by atoms with E-state index in [1.807, 2.05) is 26.0 Å². The van der Waals surface area contributed by atoms with E-state index in [9.17, 15) is 27.2 Å². The molecule has 0 amide bonds. The van der Waals surface area contributed by atoms with Crippen LogP contribution in [0.25, 0.3) is 0 Å². The van der Waals surface area contributed by atoms with Gasteiger partial charge in [-0.3, -0.25) is 0 Å². The molecule has 0 aliphatic rings. The summed E-state index contributed by atoms with van der Waals surface area (Å²) in [5, 5.41) is 0. The molecule has 0 spiro atoms. The zero-order valence-electron chi connectivity index (χ0n) is 30.6. The monoisotopic (exact) mass is 808 g/mol. The molecule has 0 N–H and O–H groups in total. The largest absolute Gasteiger partial charge is 0.497 e. The van der Waals surface area contributed by atoms with Gasteiger partial charge >= 0.3 is 11.9 Å². The van der Waals surface area contributed by atoms with Gasteiger partial charge in [0.25, 0.3) is 0 Å². The summed E-state index contributed by atoms with van der Waals surface area (Å²) in [6.07, 6.45) is 0. The molecule has 298 valence electrons. The number of benzene rings is 6. The molecular weight excluding hydrogens is 780 g/mol. The predicted molar refractivity (Wildman–Crippen MR) is 192 cm³/mol. The molecule has 0 fully saturated rings. The van der Waals surface area contributed by atoms with E-state index in [0.717, 1.165) is 42.3 Å². The highest BCUT2D eigenvalue weighted by molar-refractivity contribution is 5.92. The first kappa shape index (κ1) is 40.8. The number of ether oxygens (including phenoxy) is 5. The van der Waals surface area contributed by atoms with Crippen LogP contribution in [0.1, 0.15) is 51.3 Å². The lowest BCUT2D eigenvalue weighted by atomic mass is 9.78. The van der Waals surface area contributed by atoms with Gasteiger partial charge in [0.05, 0.1) is 7.11 Å². The van der Waals surface area contributed by atoms with Crippen molar-refractivity contribution in [3.63, 3.8) is 0 Å². The lowest BCUT2D eigenvalue weighted by molar-refractivity contribution is 0.0711. The standard InChI is InChI=1S/C43H28F8O7/c1-21-32(44)34(46)30(35(47)33(21)45)41(52)57-28-17-13-25(14-18-28)55-26-15-19-29(20-16-26)58-42(53)31-36(48)38(50)40(39(51)37(31)49)56-27-11-7-23(8-12-27)43(2,3)22-5-9-24(54-4)10-6-22/h5-20H,1-4H3. The molecule has 7 nitrogen and oxygen atoms in total. The third kappa shape index (κ3) is 8.01. The molecule has 0 atom stereocenters. The molecule has 0 aliphatic heterocycles. The second-order valence-electron chi connectivity index (χ2n) is 13.0. The Bertz CT molecular complexity index is 2460. The van der Waals surface area contributed by atoms with Crippen LogP contribution in [0.5, 0.6) is 40.2 Å². The fourth-order valence-corrected chi connectivity index (χ4v) is 5.64. The second-order valence-corrected chi connectivity index (χ2v) is 13.0. The third-order valence-corrected chi connectivity index (χ3v) is 9.03. The number of hydrogen-bond donors (Lipinski definition) is 0. The summed E-state index contributed by atoms with van der Waals surface area (Å²) in [6, 6.07) is 22.9. The van der Waals surface area contributed by atoms with E-state index in [1.165, 1.54) is 36.4 Å². The summed E-state index contributed by atoms with van der Waals surface area (Å²) >= 11 is 0. The molecule has 6 aromatic rings. The highest BCUT2D eigenvalue weighted by Gasteiger charge is 2.33. The number of hydrogen-bond acceptors (Lipinski definition) is 7. The zero-order chi connectivity index (χ0) is 42.1. The maximum absolute atomic E-state index is 15.1. The summed E-state index contributed by atoms with van der Waals surface area (Å²) < 4.78 is 142. The van der Waals surface area contributed by atoms with Gasteiger partial charge in [0, 0.05) is 11.0 Å². The number of methoxy groups -OCH3 is 1. The zero-order valence-corrected chi connectivity index (χ0v) is 30.6. The fourth-order valence-electron chi connectivity index (χ4n) is 5.64. The van der Waals surface area contributed by atoms with Gasteiger partial charge in [-0.05, 0) is 90.8 Å². The maximum atomic E-state index is 15.1. The molecular formula is C43H28F8O7. The molecule has 0 bridgehead atoms. The summed E-state index contributed by atoms with van der Waals surface area (Å²) in [7, 11) is 1.55. The number of carbonyl (C=O) groups is 2. The van der Waals surface area contributed by atoms with E-state index in [0.29, 0.717) is 5.75 Å². The molecule has 0 saturated carbocycles. The highest BCUT2D eigenvalue weighted by Crippen LogP contribution is 2.37. The number of esters is 2. The van der Waals surface area contributed by atoms with Crippen LogP contribution in [-0.2, 0) is 5.41 Å². The minimum Gasteiger partial charge on any atom is -0.497 e. The molecule has 0 aromatic heterocycles. The Kier molecular flexibility index (Phi) is 11.4. The van der Waals surface area contributed by atoms with Crippen molar-refractivity contribution in [3.8, 4) is 40.2 Å². The van der Waals surface area contributed by atoms with Crippen LogP contribution in [-0.4, -0.2) is 19.0 Å². The SMILES string of the molecule is COc1ccc(C(C)(C)c2ccc(Oc3c(F)c(F)c(C(=O)Oc4ccc(Oc5ccc(OC(=O)c6c(F)c(F)c(C)c(F)c6F)cc5)cc4)c(F)c3F)cc2)cc1. The Balaban J connectivity index is 1.09. The van der Waals surface area contributed by atoms with Gasteiger partial charge in [-0.15, -0.1) is 0 Å². The minimum atomic E-state index is -2.06. The van der Waals surface area contributed by atoms with Crippen LogP contribution in [0.2, 0.25) is 0 Å². The normalized spacial score (nSPS) is 11.2. The van der Waals surface area contributed by atoms with Crippen LogP contribution in [0, 0.1) is 53.5 Å². The maximum Gasteiger partial charge on any atom is 0.349 e. The van der Waals surface area contributed by atoms with Crippen molar-refractivity contribution in [1.29, 1.82) is 0 Å². The molecule has 6 rings (SSSR count). The molecule has 0 radical (unpaired) electrons.